The molecule has 1 unspecified atom stereocenters. The van der Waals surface area contributed by atoms with Gasteiger partial charge in [-0.1, -0.05) is 6.42 Å². The minimum absolute atomic E-state index is 0.241. The molecule has 0 aromatic rings. The number of hydrogen-bond acceptors (Lipinski definition) is 2. The summed E-state index contributed by atoms with van der Waals surface area (Å²) in [5, 5.41) is 20.2. The van der Waals surface area contributed by atoms with Crippen LogP contribution >= 0.6 is 0 Å². The van der Waals surface area contributed by atoms with Gasteiger partial charge in [-0.2, -0.15) is 0 Å². The summed E-state index contributed by atoms with van der Waals surface area (Å²) in [5.41, 5.74) is -0.191. The highest BCUT2D eigenvalue weighted by atomic mass is 16.3. The third-order valence-corrected chi connectivity index (χ3v) is 4.99. The lowest BCUT2D eigenvalue weighted by Gasteiger charge is -2.53. The van der Waals surface area contributed by atoms with Crippen molar-refractivity contribution >= 4 is 0 Å². The first-order valence-corrected chi connectivity index (χ1v) is 6.02. The Bertz CT molecular complexity index is 253. The second-order valence-electron chi connectivity index (χ2n) is 5.95. The van der Waals surface area contributed by atoms with Crippen molar-refractivity contribution in [1.29, 1.82) is 0 Å². The van der Waals surface area contributed by atoms with Crippen molar-refractivity contribution in [2.45, 2.75) is 63.1 Å². The normalized spacial score (nSPS) is 57.0. The average molecular weight is 196 g/mol. The molecular weight excluding hydrogens is 176 g/mol. The Labute approximate surface area is 85.3 Å². The first kappa shape index (κ1) is 9.17. The van der Waals surface area contributed by atoms with Crippen LogP contribution in [-0.2, 0) is 0 Å². The Morgan fingerprint density at radius 1 is 1.07 bits per heavy atom. The molecule has 0 heterocycles. The number of fused-ring (bicyclic) bond motifs is 1. The van der Waals surface area contributed by atoms with E-state index in [-0.39, 0.29) is 6.10 Å². The maximum Gasteiger partial charge on any atom is 0.0677 e. The zero-order valence-electron chi connectivity index (χ0n) is 8.71. The maximum absolute atomic E-state index is 10.4. The van der Waals surface area contributed by atoms with Gasteiger partial charge in [-0.05, 0) is 49.9 Å². The predicted molar refractivity (Wildman–Crippen MR) is 53.8 cm³/mol. The summed E-state index contributed by atoms with van der Waals surface area (Å²) in [5.74, 6) is 0.803. The summed E-state index contributed by atoms with van der Waals surface area (Å²) < 4.78 is 0. The molecule has 0 aromatic heterocycles. The highest BCUT2D eigenvalue weighted by Gasteiger charge is 2.55. The zero-order valence-corrected chi connectivity index (χ0v) is 8.71. The quantitative estimate of drug-likeness (QED) is 0.620. The lowest BCUT2D eigenvalue weighted by Crippen LogP contribution is -2.52. The zero-order chi connectivity index (χ0) is 9.81. The SMILES string of the molecule is OC1C[C@@]2(O)CC[C@@H]3CCC[C@]3(C1)C2. The van der Waals surface area contributed by atoms with Crippen molar-refractivity contribution < 1.29 is 10.2 Å². The predicted octanol–water partition coefficient (Wildman–Crippen LogP) is 1.84. The van der Waals surface area contributed by atoms with Crippen LogP contribution in [0.25, 0.3) is 0 Å². The number of hydrogen-bond donors (Lipinski definition) is 2. The fourth-order valence-electron chi connectivity index (χ4n) is 4.58. The molecule has 2 bridgehead atoms. The van der Waals surface area contributed by atoms with Gasteiger partial charge in [0.05, 0.1) is 11.7 Å². The molecule has 3 aliphatic rings. The molecule has 2 heteroatoms. The lowest BCUT2D eigenvalue weighted by molar-refractivity contribution is -0.142. The Hall–Kier alpha value is -0.0800. The lowest BCUT2D eigenvalue weighted by atomic mass is 9.55. The molecule has 14 heavy (non-hydrogen) atoms. The van der Waals surface area contributed by atoms with E-state index in [9.17, 15) is 10.2 Å². The van der Waals surface area contributed by atoms with E-state index in [1.54, 1.807) is 0 Å². The molecule has 0 aromatic carbocycles. The molecule has 3 saturated carbocycles. The molecule has 0 aliphatic heterocycles. The van der Waals surface area contributed by atoms with E-state index >= 15 is 0 Å². The van der Waals surface area contributed by atoms with Crippen LogP contribution in [0.15, 0.2) is 0 Å². The van der Waals surface area contributed by atoms with Gasteiger partial charge in [-0.15, -0.1) is 0 Å². The topological polar surface area (TPSA) is 40.5 Å². The van der Waals surface area contributed by atoms with Crippen molar-refractivity contribution in [1.82, 2.24) is 0 Å². The van der Waals surface area contributed by atoms with E-state index < -0.39 is 5.60 Å². The van der Waals surface area contributed by atoms with Gasteiger partial charge in [0.1, 0.15) is 0 Å². The molecule has 0 radical (unpaired) electrons. The second kappa shape index (κ2) is 2.73. The molecule has 80 valence electrons. The smallest absolute Gasteiger partial charge is 0.0677 e. The maximum atomic E-state index is 10.4. The van der Waals surface area contributed by atoms with Crippen molar-refractivity contribution in [2.75, 3.05) is 0 Å². The van der Waals surface area contributed by atoms with E-state index in [0.717, 1.165) is 25.2 Å². The van der Waals surface area contributed by atoms with Crippen molar-refractivity contribution in [3.05, 3.63) is 0 Å². The molecular formula is C12H20O2. The number of aliphatic hydroxyl groups excluding tert-OH is 1. The standard InChI is InChI=1S/C12H20O2/c13-10-6-11-4-1-2-9(11)3-5-12(14,7-10)8-11/h9-10,13-14H,1-8H2/t9-,10?,11-,12-/m0/s1. The van der Waals surface area contributed by atoms with Crippen LogP contribution in [0.4, 0.5) is 0 Å². The minimum Gasteiger partial charge on any atom is -0.393 e. The Morgan fingerprint density at radius 3 is 2.79 bits per heavy atom. The van der Waals surface area contributed by atoms with Crippen LogP contribution in [0, 0.1) is 11.3 Å². The first-order chi connectivity index (χ1) is 6.62. The summed E-state index contributed by atoms with van der Waals surface area (Å²) in [7, 11) is 0. The van der Waals surface area contributed by atoms with Gasteiger partial charge in [0.2, 0.25) is 0 Å². The molecule has 1 spiro atoms. The molecule has 4 atom stereocenters. The molecule has 2 nitrogen and oxygen atoms in total. The Morgan fingerprint density at radius 2 is 1.93 bits per heavy atom. The third kappa shape index (κ3) is 1.17. The fraction of sp³-hybridized carbons (Fsp3) is 1.00. The van der Waals surface area contributed by atoms with Crippen molar-refractivity contribution in [3.8, 4) is 0 Å². The first-order valence-electron chi connectivity index (χ1n) is 6.02. The van der Waals surface area contributed by atoms with E-state index in [0.29, 0.717) is 11.8 Å². The van der Waals surface area contributed by atoms with Crippen molar-refractivity contribution in [3.63, 3.8) is 0 Å². The van der Waals surface area contributed by atoms with Crippen LogP contribution < -0.4 is 0 Å². The van der Waals surface area contributed by atoms with E-state index in [1.165, 1.54) is 25.7 Å². The fourth-order valence-corrected chi connectivity index (χ4v) is 4.58. The van der Waals surface area contributed by atoms with Gasteiger partial charge < -0.3 is 10.2 Å². The van der Waals surface area contributed by atoms with Gasteiger partial charge >= 0.3 is 0 Å². The molecule has 0 saturated heterocycles. The molecule has 3 fully saturated rings. The van der Waals surface area contributed by atoms with Crippen LogP contribution in [0.5, 0.6) is 0 Å². The van der Waals surface area contributed by atoms with Crippen LogP contribution in [0.3, 0.4) is 0 Å². The summed E-state index contributed by atoms with van der Waals surface area (Å²) >= 11 is 0. The summed E-state index contributed by atoms with van der Waals surface area (Å²) in [6.07, 6.45) is 8.34. The van der Waals surface area contributed by atoms with Gasteiger partial charge in [0.15, 0.2) is 0 Å². The highest BCUT2D eigenvalue weighted by Crippen LogP contribution is 2.60. The third-order valence-electron chi connectivity index (χ3n) is 4.99. The summed E-state index contributed by atoms with van der Waals surface area (Å²) in [4.78, 5) is 0. The largest absolute Gasteiger partial charge is 0.393 e. The van der Waals surface area contributed by atoms with Gasteiger partial charge in [-0.25, -0.2) is 0 Å². The highest BCUT2D eigenvalue weighted by molar-refractivity contribution is 5.07. The molecule has 3 aliphatic carbocycles. The minimum atomic E-state index is -0.515. The van der Waals surface area contributed by atoms with Gasteiger partial charge in [0, 0.05) is 6.42 Å². The van der Waals surface area contributed by atoms with E-state index in [2.05, 4.69) is 0 Å². The average Bonchev–Trinajstić information content (AvgIpc) is 2.42. The van der Waals surface area contributed by atoms with Crippen LogP contribution in [-0.4, -0.2) is 21.9 Å². The van der Waals surface area contributed by atoms with Gasteiger partial charge in [-0.3, -0.25) is 0 Å². The Balaban J connectivity index is 1.93. The van der Waals surface area contributed by atoms with Crippen LogP contribution in [0.1, 0.15) is 51.4 Å². The number of aliphatic hydroxyl groups is 2. The molecule has 3 rings (SSSR count). The van der Waals surface area contributed by atoms with Gasteiger partial charge in [0.25, 0.3) is 0 Å². The Kier molecular flexibility index (Phi) is 1.79. The second-order valence-corrected chi connectivity index (χ2v) is 5.95. The number of rotatable bonds is 0. The van der Waals surface area contributed by atoms with E-state index in [1.807, 2.05) is 0 Å². The van der Waals surface area contributed by atoms with Crippen LogP contribution in [0.2, 0.25) is 0 Å². The summed E-state index contributed by atoms with van der Waals surface area (Å²) in [6, 6.07) is 0. The summed E-state index contributed by atoms with van der Waals surface area (Å²) in [6.45, 7) is 0. The van der Waals surface area contributed by atoms with Crippen molar-refractivity contribution in [2.24, 2.45) is 11.3 Å². The van der Waals surface area contributed by atoms with E-state index in [4.69, 9.17) is 0 Å². The monoisotopic (exact) mass is 196 g/mol. The molecule has 2 N–H and O–H groups in total. The molecule has 0 amide bonds.